The average molecular weight is 518 g/mol. The average Bonchev–Trinajstić information content (AvgIpc) is 3.50. The van der Waals surface area contributed by atoms with Gasteiger partial charge in [-0.3, -0.25) is 9.89 Å². The topological polar surface area (TPSA) is 109 Å². The van der Waals surface area contributed by atoms with E-state index in [1.807, 2.05) is 42.1 Å². The molecule has 8 nitrogen and oxygen atoms in total. The molecular weight excluding hydrogens is 490 g/mol. The Bertz CT molecular complexity index is 1140. The molecule has 11 heteroatoms. The van der Waals surface area contributed by atoms with Crippen LogP contribution < -0.4 is 9.46 Å². The number of hydrogen-bond donors (Lipinski definition) is 3. The van der Waals surface area contributed by atoms with Crippen LogP contribution in [0.5, 0.6) is 5.75 Å². The number of aliphatic hydroxyl groups excluding tert-OH is 1. The first-order chi connectivity index (χ1) is 16.7. The highest BCUT2D eigenvalue weighted by Crippen LogP contribution is 2.35. The smallest absolute Gasteiger partial charge is 0.122 e. The number of aliphatic imine (C=N–C) groups is 1. The SMILES string of the molecule is [O-][S+]1CCN(CC2CN=C(c3cc4cc(OCCO)cc(NSc5ccccn5)c4[nH]3)S2)CC1. The largest absolute Gasteiger partial charge is 0.616 e. The molecule has 3 aromatic rings. The molecular formula is C23H27N5O3S3. The molecule has 4 heterocycles. The van der Waals surface area contributed by atoms with Crippen molar-refractivity contribution in [3.05, 3.63) is 48.3 Å². The number of thioether (sulfide) groups is 1. The Kier molecular flexibility index (Phi) is 7.87. The van der Waals surface area contributed by atoms with E-state index >= 15 is 0 Å². The second-order valence-electron chi connectivity index (χ2n) is 8.10. The van der Waals surface area contributed by atoms with Gasteiger partial charge in [-0.05, 0) is 24.3 Å². The lowest BCUT2D eigenvalue weighted by atomic mass is 10.2. The Morgan fingerprint density at radius 3 is 2.97 bits per heavy atom. The molecule has 0 bridgehead atoms. The summed E-state index contributed by atoms with van der Waals surface area (Å²) in [5, 5.41) is 12.5. The number of ether oxygens (including phenoxy) is 1. The van der Waals surface area contributed by atoms with Crippen LogP contribution in [0.25, 0.3) is 10.9 Å². The number of fused-ring (bicyclic) bond motifs is 1. The van der Waals surface area contributed by atoms with E-state index < -0.39 is 11.2 Å². The standard InChI is InChI=1S/C23H27N5O3S3/c29-7-8-31-17-11-16-12-20(23-25-14-18(32-23)15-28-5-9-34(30)10-6-28)26-22(16)19(13-17)27-33-21-3-1-2-4-24-21/h1-4,11-13,18,26-27,29H,5-10,14-15H2. The first-order valence-electron chi connectivity index (χ1n) is 11.2. The number of anilines is 1. The zero-order valence-corrected chi connectivity index (χ0v) is 21.1. The summed E-state index contributed by atoms with van der Waals surface area (Å²) in [5.74, 6) is 2.25. The van der Waals surface area contributed by atoms with Crippen LogP contribution in [0.4, 0.5) is 5.69 Å². The molecule has 1 fully saturated rings. The van der Waals surface area contributed by atoms with Crippen LogP contribution in [0.3, 0.4) is 0 Å². The number of rotatable bonds is 9. The van der Waals surface area contributed by atoms with Crippen molar-refractivity contribution in [3.63, 3.8) is 0 Å². The normalized spacial score (nSPS) is 19.5. The zero-order chi connectivity index (χ0) is 23.3. The van der Waals surface area contributed by atoms with Crippen molar-refractivity contribution < 1.29 is 14.4 Å². The summed E-state index contributed by atoms with van der Waals surface area (Å²) in [4.78, 5) is 15.1. The first-order valence-corrected chi connectivity index (χ1v) is 14.4. The summed E-state index contributed by atoms with van der Waals surface area (Å²) in [6.45, 7) is 3.78. The lowest BCUT2D eigenvalue weighted by Crippen LogP contribution is -2.43. The van der Waals surface area contributed by atoms with Crippen LogP contribution in [0.1, 0.15) is 5.69 Å². The van der Waals surface area contributed by atoms with Crippen LogP contribution >= 0.6 is 23.7 Å². The summed E-state index contributed by atoms with van der Waals surface area (Å²) >= 11 is 2.59. The fourth-order valence-corrected chi connectivity index (χ4v) is 6.88. The third-order valence-corrected chi connectivity index (χ3v) is 8.90. The second-order valence-corrected chi connectivity index (χ2v) is 11.9. The highest BCUT2D eigenvalue weighted by molar-refractivity contribution is 8.15. The van der Waals surface area contributed by atoms with Gasteiger partial charge in [0, 0.05) is 54.5 Å². The highest BCUT2D eigenvalue weighted by atomic mass is 32.2. The van der Waals surface area contributed by atoms with Crippen molar-refractivity contribution in [3.8, 4) is 5.75 Å². The van der Waals surface area contributed by atoms with Crippen LogP contribution in [0.15, 0.2) is 52.6 Å². The van der Waals surface area contributed by atoms with Crippen molar-refractivity contribution in [1.29, 1.82) is 0 Å². The summed E-state index contributed by atoms with van der Waals surface area (Å²) in [6.07, 6.45) is 1.77. The Hall–Kier alpha value is -1.89. The molecule has 2 aromatic heterocycles. The molecule has 0 saturated carbocycles. The summed E-state index contributed by atoms with van der Waals surface area (Å²) < 4.78 is 20.7. The molecule has 1 saturated heterocycles. The van der Waals surface area contributed by atoms with Crippen LogP contribution in [0.2, 0.25) is 0 Å². The highest BCUT2D eigenvalue weighted by Gasteiger charge is 2.27. The molecule has 34 heavy (non-hydrogen) atoms. The fourth-order valence-electron chi connectivity index (χ4n) is 3.98. The number of H-pyrrole nitrogens is 1. The van der Waals surface area contributed by atoms with Gasteiger partial charge < -0.3 is 24.1 Å². The molecule has 180 valence electrons. The molecule has 3 N–H and O–H groups in total. The number of hydrogen-bond acceptors (Lipinski definition) is 9. The van der Waals surface area contributed by atoms with Gasteiger partial charge in [0.05, 0.1) is 30.0 Å². The molecule has 0 aliphatic carbocycles. The van der Waals surface area contributed by atoms with E-state index in [2.05, 4.69) is 25.7 Å². The van der Waals surface area contributed by atoms with E-state index in [-0.39, 0.29) is 13.2 Å². The number of nitrogens with one attached hydrogen (secondary N) is 2. The third kappa shape index (κ3) is 5.84. The lowest BCUT2D eigenvalue weighted by Gasteiger charge is -2.29. The second kappa shape index (κ2) is 11.2. The van der Waals surface area contributed by atoms with Crippen molar-refractivity contribution in [1.82, 2.24) is 14.9 Å². The van der Waals surface area contributed by atoms with Crippen molar-refractivity contribution in [2.45, 2.75) is 10.3 Å². The van der Waals surface area contributed by atoms with E-state index in [4.69, 9.17) is 14.8 Å². The molecule has 2 aliphatic heterocycles. The van der Waals surface area contributed by atoms with E-state index in [0.29, 0.717) is 11.0 Å². The Morgan fingerprint density at radius 1 is 1.29 bits per heavy atom. The summed E-state index contributed by atoms with van der Waals surface area (Å²) in [5.41, 5.74) is 2.85. The summed E-state index contributed by atoms with van der Waals surface area (Å²) in [7, 11) is 0. The van der Waals surface area contributed by atoms with Gasteiger partial charge >= 0.3 is 0 Å². The van der Waals surface area contributed by atoms with Crippen LogP contribution in [0, 0.1) is 0 Å². The predicted octanol–water partition coefficient (Wildman–Crippen LogP) is 2.98. The maximum Gasteiger partial charge on any atom is 0.122 e. The van der Waals surface area contributed by atoms with Crippen molar-refractivity contribution in [2.75, 3.05) is 55.6 Å². The molecule has 1 atom stereocenters. The zero-order valence-electron chi connectivity index (χ0n) is 18.6. The van der Waals surface area contributed by atoms with E-state index in [1.165, 1.54) is 11.9 Å². The minimum absolute atomic E-state index is 0.0381. The van der Waals surface area contributed by atoms with Crippen molar-refractivity contribution in [2.24, 2.45) is 4.99 Å². The van der Waals surface area contributed by atoms with E-state index in [1.54, 1.807) is 6.20 Å². The van der Waals surface area contributed by atoms with Crippen LogP contribution in [-0.2, 0) is 11.2 Å². The number of aromatic nitrogens is 2. The maximum absolute atomic E-state index is 11.6. The number of aliphatic hydroxyl groups is 1. The van der Waals surface area contributed by atoms with Gasteiger partial charge in [-0.25, -0.2) is 4.98 Å². The lowest BCUT2D eigenvalue weighted by molar-refractivity contribution is 0.201. The monoisotopic (exact) mass is 517 g/mol. The molecule has 1 aromatic carbocycles. The number of pyridine rings is 1. The van der Waals surface area contributed by atoms with E-state index in [9.17, 15) is 4.55 Å². The molecule has 2 aliphatic rings. The van der Waals surface area contributed by atoms with Gasteiger partial charge in [0.15, 0.2) is 0 Å². The molecule has 5 rings (SSSR count). The van der Waals surface area contributed by atoms with Gasteiger partial charge in [-0.1, -0.05) is 29.0 Å². The minimum Gasteiger partial charge on any atom is -0.616 e. The van der Waals surface area contributed by atoms with Gasteiger partial charge in [0.25, 0.3) is 0 Å². The Labute approximate surface area is 210 Å². The predicted molar refractivity (Wildman–Crippen MR) is 142 cm³/mol. The third-order valence-electron chi connectivity index (χ3n) is 5.64. The van der Waals surface area contributed by atoms with Gasteiger partial charge in [0.2, 0.25) is 0 Å². The van der Waals surface area contributed by atoms with Gasteiger partial charge in [0.1, 0.15) is 33.9 Å². The van der Waals surface area contributed by atoms with Crippen molar-refractivity contribution >= 4 is 56.5 Å². The van der Waals surface area contributed by atoms with Gasteiger partial charge in [-0.2, -0.15) is 0 Å². The molecule has 1 unspecified atom stereocenters. The fraction of sp³-hybridized carbons (Fsp3) is 0.391. The molecule has 0 spiro atoms. The number of aromatic amines is 1. The summed E-state index contributed by atoms with van der Waals surface area (Å²) in [6, 6.07) is 11.8. The number of benzene rings is 1. The quantitative estimate of drug-likeness (QED) is 0.294. The van der Waals surface area contributed by atoms with Crippen LogP contribution in [-0.4, -0.2) is 85.7 Å². The Morgan fingerprint density at radius 2 is 2.18 bits per heavy atom. The molecule has 0 radical (unpaired) electrons. The number of nitrogens with zero attached hydrogens (tertiary/aromatic N) is 3. The first kappa shape index (κ1) is 23.8. The van der Waals surface area contributed by atoms with Gasteiger partial charge in [-0.15, -0.1) is 0 Å². The molecule has 0 amide bonds. The Balaban J connectivity index is 1.32. The maximum atomic E-state index is 11.6. The van der Waals surface area contributed by atoms with E-state index in [0.717, 1.165) is 70.0 Å². The minimum atomic E-state index is -0.649.